The first kappa shape index (κ1) is 33.9. The average molecular weight is 680 g/mol. The van der Waals surface area contributed by atoms with Gasteiger partial charge in [-0.05, 0) is 25.0 Å². The van der Waals surface area contributed by atoms with Crippen molar-refractivity contribution in [2.45, 2.75) is 50.9 Å². The van der Waals surface area contributed by atoms with Gasteiger partial charge in [-0.15, -0.1) is 0 Å². The van der Waals surface area contributed by atoms with Crippen LogP contribution in [0.4, 0.5) is 0 Å². The Morgan fingerprint density at radius 1 is 0.755 bits per heavy atom. The van der Waals surface area contributed by atoms with Crippen molar-refractivity contribution >= 4 is 23.4 Å². The van der Waals surface area contributed by atoms with Crippen LogP contribution in [-0.2, 0) is 22.7 Å². The lowest BCUT2D eigenvalue weighted by Gasteiger charge is -2.16. The second kappa shape index (κ2) is 15.5. The maximum absolute atomic E-state index is 11.5. The van der Waals surface area contributed by atoms with Gasteiger partial charge in [0.15, 0.2) is 0 Å². The van der Waals surface area contributed by atoms with Crippen molar-refractivity contribution in [3.8, 4) is 51.5 Å². The summed E-state index contributed by atoms with van der Waals surface area (Å²) >= 11 is 7.08. The predicted molar refractivity (Wildman–Crippen MR) is 187 cm³/mol. The minimum atomic E-state index is 0.0857. The molecule has 0 bridgehead atoms. The molecule has 2 saturated heterocycles. The van der Waals surface area contributed by atoms with Crippen LogP contribution in [0.2, 0.25) is 5.02 Å². The van der Waals surface area contributed by atoms with Crippen LogP contribution >= 0.6 is 11.6 Å². The highest BCUT2D eigenvalue weighted by Gasteiger charge is 2.22. The molecule has 252 valence electrons. The number of amides is 2. The van der Waals surface area contributed by atoms with E-state index in [0.29, 0.717) is 95.0 Å². The Balaban J connectivity index is 1.23. The molecule has 4 heterocycles. The minimum absolute atomic E-state index is 0.0857. The fourth-order valence-corrected chi connectivity index (χ4v) is 6.66. The first-order valence-corrected chi connectivity index (χ1v) is 16.7. The SMILES string of the molecule is COc1nc(-c2cccc(-c3cccc(-c4ccc(CNC[C@@H]5CCC(=O)N5)c(OC)n4)c3C#N)c2Cl)ccc1CNC[C@@H]1CCC(=O)N1. The molecule has 49 heavy (non-hydrogen) atoms. The summed E-state index contributed by atoms with van der Waals surface area (Å²) in [4.78, 5) is 32.6. The second-order valence-electron chi connectivity index (χ2n) is 12.1. The highest BCUT2D eigenvalue weighted by molar-refractivity contribution is 6.36. The van der Waals surface area contributed by atoms with Crippen molar-refractivity contribution in [2.24, 2.45) is 0 Å². The van der Waals surface area contributed by atoms with Gasteiger partial charge in [0.2, 0.25) is 23.6 Å². The molecule has 2 aromatic carbocycles. The zero-order valence-electron chi connectivity index (χ0n) is 27.4. The normalized spacial score (nSPS) is 17.0. The molecule has 2 aromatic heterocycles. The van der Waals surface area contributed by atoms with Crippen molar-refractivity contribution in [1.82, 2.24) is 31.2 Å². The lowest BCUT2D eigenvalue weighted by Crippen LogP contribution is -2.35. The molecule has 0 saturated carbocycles. The maximum Gasteiger partial charge on any atom is 0.220 e. The van der Waals surface area contributed by atoms with Gasteiger partial charge in [0.25, 0.3) is 0 Å². The number of nitriles is 1. The average Bonchev–Trinajstić information content (AvgIpc) is 3.74. The summed E-state index contributed by atoms with van der Waals surface area (Å²) in [6.07, 6.45) is 2.76. The van der Waals surface area contributed by atoms with Crippen LogP contribution < -0.4 is 30.7 Å². The van der Waals surface area contributed by atoms with Crippen molar-refractivity contribution in [3.05, 3.63) is 82.4 Å². The number of benzene rings is 2. The standard InChI is InChI=1S/C37H38ClN7O4/c1-48-36-22(18-40-20-24-11-15-33(46)42-24)9-13-31(44-36)27-6-3-5-26(30(27)17-39)28-7-4-8-29(35(28)38)32-14-10-23(37(45-32)49-2)19-41-21-25-12-16-34(47)43-25/h3-10,13-14,24-25,40-41H,11-12,15-16,18-21H2,1-2H3,(H,42,46)(H,43,47)/t24-,25-/m0/s1. The highest BCUT2D eigenvalue weighted by Crippen LogP contribution is 2.40. The zero-order valence-corrected chi connectivity index (χ0v) is 28.2. The molecule has 2 aliphatic heterocycles. The van der Waals surface area contributed by atoms with E-state index in [2.05, 4.69) is 27.3 Å². The van der Waals surface area contributed by atoms with Gasteiger partial charge in [-0.3, -0.25) is 9.59 Å². The van der Waals surface area contributed by atoms with Gasteiger partial charge in [0.1, 0.15) is 6.07 Å². The number of aromatic nitrogens is 2. The smallest absolute Gasteiger partial charge is 0.220 e. The van der Waals surface area contributed by atoms with Crippen molar-refractivity contribution < 1.29 is 19.1 Å². The summed E-state index contributed by atoms with van der Waals surface area (Å²) in [7, 11) is 3.15. The summed E-state index contributed by atoms with van der Waals surface area (Å²) in [6, 6.07) is 21.6. The molecule has 4 aromatic rings. The molecule has 0 radical (unpaired) electrons. The minimum Gasteiger partial charge on any atom is -0.481 e. The molecule has 2 atom stereocenters. The van der Waals surface area contributed by atoms with E-state index in [9.17, 15) is 14.9 Å². The van der Waals surface area contributed by atoms with E-state index >= 15 is 0 Å². The summed E-state index contributed by atoms with van der Waals surface area (Å²) in [5.41, 5.74) is 6.14. The fraction of sp³-hybridized carbons (Fsp3) is 0.324. The van der Waals surface area contributed by atoms with E-state index in [-0.39, 0.29) is 23.9 Å². The molecule has 0 aliphatic carbocycles. The van der Waals surface area contributed by atoms with Crippen LogP contribution in [0.5, 0.6) is 11.8 Å². The molecule has 12 heteroatoms. The van der Waals surface area contributed by atoms with Crippen LogP contribution in [0.25, 0.3) is 33.6 Å². The summed E-state index contributed by atoms with van der Waals surface area (Å²) < 4.78 is 11.3. The summed E-state index contributed by atoms with van der Waals surface area (Å²) in [5.74, 6) is 1.11. The molecule has 4 N–H and O–H groups in total. The topological polar surface area (TPSA) is 150 Å². The van der Waals surface area contributed by atoms with Gasteiger partial charge in [0.05, 0.1) is 36.2 Å². The molecule has 6 rings (SSSR count). The third-order valence-corrected chi connectivity index (χ3v) is 9.27. The first-order valence-electron chi connectivity index (χ1n) is 16.3. The van der Waals surface area contributed by atoms with Gasteiger partial charge >= 0.3 is 0 Å². The lowest BCUT2D eigenvalue weighted by atomic mass is 9.93. The Morgan fingerprint density at radius 2 is 1.24 bits per heavy atom. The first-order chi connectivity index (χ1) is 23.9. The number of pyridine rings is 2. The maximum atomic E-state index is 11.5. The summed E-state index contributed by atoms with van der Waals surface area (Å²) in [5, 5.41) is 23.6. The number of rotatable bonds is 13. The molecule has 0 unspecified atom stereocenters. The molecule has 2 aliphatic rings. The Kier molecular flexibility index (Phi) is 10.7. The highest BCUT2D eigenvalue weighted by atomic mass is 35.5. The van der Waals surface area contributed by atoms with Crippen molar-refractivity contribution in [1.29, 1.82) is 5.26 Å². The van der Waals surface area contributed by atoms with Crippen LogP contribution in [0, 0.1) is 11.3 Å². The molecular formula is C37H38ClN7O4. The molecule has 2 fully saturated rings. The number of nitrogens with one attached hydrogen (secondary N) is 4. The number of halogens is 1. The molecule has 2 amide bonds. The Bertz CT molecular complexity index is 1910. The van der Waals surface area contributed by atoms with Crippen LogP contribution in [0.15, 0.2) is 60.7 Å². The van der Waals surface area contributed by atoms with Crippen molar-refractivity contribution in [2.75, 3.05) is 27.3 Å². The van der Waals surface area contributed by atoms with E-state index < -0.39 is 0 Å². The van der Waals surface area contributed by atoms with Gasteiger partial charge in [-0.25, -0.2) is 9.97 Å². The summed E-state index contributed by atoms with van der Waals surface area (Å²) in [6.45, 7) is 2.37. The van der Waals surface area contributed by atoms with Crippen LogP contribution in [-0.4, -0.2) is 61.2 Å². The third kappa shape index (κ3) is 7.67. The van der Waals surface area contributed by atoms with E-state index in [4.69, 9.17) is 31.0 Å². The largest absolute Gasteiger partial charge is 0.481 e. The Morgan fingerprint density at radius 3 is 1.73 bits per heavy atom. The number of hydrogen-bond donors (Lipinski definition) is 4. The monoisotopic (exact) mass is 679 g/mol. The van der Waals surface area contributed by atoms with Gasteiger partial charge in [-0.2, -0.15) is 5.26 Å². The molecule has 11 nitrogen and oxygen atoms in total. The van der Waals surface area contributed by atoms with Crippen LogP contribution in [0.1, 0.15) is 42.4 Å². The molecule has 0 spiro atoms. The number of hydrogen-bond acceptors (Lipinski definition) is 9. The lowest BCUT2D eigenvalue weighted by molar-refractivity contribution is -0.120. The van der Waals surface area contributed by atoms with Gasteiger partial charge in [0, 0.05) is 84.5 Å². The number of carbonyl (C=O) groups is 2. The predicted octanol–water partition coefficient (Wildman–Crippen LogP) is 4.76. The zero-order chi connectivity index (χ0) is 34.3. The van der Waals surface area contributed by atoms with Crippen LogP contribution in [0.3, 0.4) is 0 Å². The van der Waals surface area contributed by atoms with E-state index in [0.717, 1.165) is 24.0 Å². The Hall–Kier alpha value is -5.02. The van der Waals surface area contributed by atoms with Gasteiger partial charge in [-0.1, -0.05) is 60.1 Å². The van der Waals surface area contributed by atoms with E-state index in [1.165, 1.54) is 0 Å². The Labute approximate surface area is 290 Å². The second-order valence-corrected chi connectivity index (χ2v) is 12.5. The number of ether oxygens (including phenoxy) is 2. The molecular weight excluding hydrogens is 642 g/mol. The number of methoxy groups -OCH3 is 2. The fourth-order valence-electron chi connectivity index (χ4n) is 6.33. The van der Waals surface area contributed by atoms with Gasteiger partial charge < -0.3 is 30.7 Å². The van der Waals surface area contributed by atoms with E-state index in [1.807, 2.05) is 60.7 Å². The third-order valence-electron chi connectivity index (χ3n) is 8.86. The number of carbonyl (C=O) groups excluding carboxylic acids is 2. The quantitative estimate of drug-likeness (QED) is 0.157. The van der Waals surface area contributed by atoms with Crippen molar-refractivity contribution in [3.63, 3.8) is 0 Å². The number of nitrogens with zero attached hydrogens (tertiary/aromatic N) is 3. The van der Waals surface area contributed by atoms with E-state index in [1.54, 1.807) is 14.2 Å².